The van der Waals surface area contributed by atoms with Gasteiger partial charge in [0.15, 0.2) is 5.13 Å². The summed E-state index contributed by atoms with van der Waals surface area (Å²) in [6.07, 6.45) is 3.28. The van der Waals surface area contributed by atoms with E-state index in [2.05, 4.69) is 25.5 Å². The highest BCUT2D eigenvalue weighted by Crippen LogP contribution is 2.33. The van der Waals surface area contributed by atoms with Crippen LogP contribution in [0.3, 0.4) is 0 Å². The second-order valence-corrected chi connectivity index (χ2v) is 8.89. The first-order chi connectivity index (χ1) is 16.6. The van der Waals surface area contributed by atoms with E-state index in [-0.39, 0.29) is 30.2 Å². The van der Waals surface area contributed by atoms with Gasteiger partial charge in [0, 0.05) is 42.8 Å². The number of thiazole rings is 1. The van der Waals surface area contributed by atoms with Crippen molar-refractivity contribution in [1.29, 1.82) is 0 Å². The topological polar surface area (TPSA) is 120 Å². The smallest absolute Gasteiger partial charge is 0.275 e. The van der Waals surface area contributed by atoms with Crippen molar-refractivity contribution in [3.8, 4) is 5.75 Å². The molecule has 176 valence electrons. The zero-order valence-corrected chi connectivity index (χ0v) is 19.3. The third-order valence-corrected chi connectivity index (χ3v) is 6.80. The van der Waals surface area contributed by atoms with Gasteiger partial charge in [0.05, 0.1) is 37.8 Å². The maximum Gasteiger partial charge on any atom is 0.275 e. The second kappa shape index (κ2) is 9.37. The number of aliphatic hydroxyl groups is 1. The molecule has 2 aliphatic rings. The molecule has 0 spiro atoms. The lowest BCUT2D eigenvalue weighted by molar-refractivity contribution is 0.0991. The number of nitrogens with zero attached hydrogens (tertiary/aromatic N) is 4. The van der Waals surface area contributed by atoms with Crippen molar-refractivity contribution in [1.82, 2.24) is 15.3 Å². The van der Waals surface area contributed by atoms with Crippen LogP contribution in [0.2, 0.25) is 0 Å². The van der Waals surface area contributed by atoms with Crippen LogP contribution in [-0.2, 0) is 6.54 Å². The molecule has 0 saturated carbocycles. The summed E-state index contributed by atoms with van der Waals surface area (Å²) in [4.78, 5) is 38.2. The zero-order valence-electron chi connectivity index (χ0n) is 18.5. The standard InChI is InChI=1S/C23H24N6O4S/c1-33-16-3-2-14-10-29(22(32)17(14)8-16)23-27-19(13-34-23)21(31)26-18-9-24-5-4-20(18)28-7-6-25-15(11-28)12-30/h2-5,8-9,13,15,25,30H,6-7,10-12H2,1H3,(H,26,31)/t15-/m0/s1. The Labute approximate surface area is 200 Å². The van der Waals surface area contributed by atoms with Crippen LogP contribution >= 0.6 is 11.3 Å². The molecule has 10 nitrogen and oxygen atoms in total. The normalized spacial score (nSPS) is 17.6. The van der Waals surface area contributed by atoms with Gasteiger partial charge in [0.2, 0.25) is 0 Å². The van der Waals surface area contributed by atoms with Gasteiger partial charge in [0.1, 0.15) is 11.4 Å². The molecule has 3 N–H and O–H groups in total. The Morgan fingerprint density at radius 2 is 2.26 bits per heavy atom. The van der Waals surface area contributed by atoms with Crippen molar-refractivity contribution in [2.45, 2.75) is 12.6 Å². The number of ether oxygens (including phenoxy) is 1. The minimum absolute atomic E-state index is 0.0337. The van der Waals surface area contributed by atoms with Crippen LogP contribution in [0.5, 0.6) is 5.75 Å². The summed E-state index contributed by atoms with van der Waals surface area (Å²) >= 11 is 1.25. The minimum atomic E-state index is -0.378. The van der Waals surface area contributed by atoms with Crippen LogP contribution in [0.1, 0.15) is 26.4 Å². The fourth-order valence-electron chi connectivity index (χ4n) is 4.17. The van der Waals surface area contributed by atoms with E-state index in [0.29, 0.717) is 35.2 Å². The second-order valence-electron chi connectivity index (χ2n) is 8.06. The Kier molecular flexibility index (Phi) is 6.14. The number of aromatic nitrogens is 2. The summed E-state index contributed by atoms with van der Waals surface area (Å²) in [5.41, 5.74) is 3.10. The summed E-state index contributed by atoms with van der Waals surface area (Å²) in [6.45, 7) is 2.53. The Hall–Kier alpha value is -3.54. The van der Waals surface area contributed by atoms with Gasteiger partial charge in [-0.25, -0.2) is 4.98 Å². The number of rotatable bonds is 6. The number of carbonyl (C=O) groups excluding carboxylic acids is 2. The minimum Gasteiger partial charge on any atom is -0.497 e. The number of hydrogen-bond acceptors (Lipinski definition) is 9. The number of nitrogens with one attached hydrogen (secondary N) is 2. The molecule has 0 aliphatic carbocycles. The number of benzene rings is 1. The fraction of sp³-hybridized carbons (Fsp3) is 0.304. The third kappa shape index (κ3) is 4.20. The molecule has 0 unspecified atom stereocenters. The Morgan fingerprint density at radius 1 is 1.38 bits per heavy atom. The van der Waals surface area contributed by atoms with Crippen LogP contribution in [0.15, 0.2) is 42.0 Å². The molecule has 2 amide bonds. The monoisotopic (exact) mass is 480 g/mol. The van der Waals surface area contributed by atoms with Crippen molar-refractivity contribution in [2.24, 2.45) is 0 Å². The van der Waals surface area contributed by atoms with E-state index in [1.54, 1.807) is 35.8 Å². The number of hydrogen-bond donors (Lipinski definition) is 3. The first-order valence-corrected chi connectivity index (χ1v) is 11.7. The van der Waals surface area contributed by atoms with E-state index < -0.39 is 0 Å². The molecule has 3 aromatic rings. The van der Waals surface area contributed by atoms with Crippen molar-refractivity contribution >= 4 is 39.7 Å². The van der Waals surface area contributed by atoms with E-state index in [4.69, 9.17) is 4.74 Å². The van der Waals surface area contributed by atoms with E-state index in [9.17, 15) is 14.7 Å². The number of pyridine rings is 1. The quantitative estimate of drug-likeness (QED) is 0.488. The van der Waals surface area contributed by atoms with Gasteiger partial charge in [-0.2, -0.15) is 0 Å². The molecular formula is C23H24N6O4S. The van der Waals surface area contributed by atoms with Crippen molar-refractivity contribution in [3.63, 3.8) is 0 Å². The van der Waals surface area contributed by atoms with Gasteiger partial charge in [-0.1, -0.05) is 6.07 Å². The van der Waals surface area contributed by atoms with Crippen LogP contribution < -0.4 is 25.2 Å². The molecule has 1 atom stereocenters. The number of aliphatic hydroxyl groups excluding tert-OH is 1. The molecule has 0 radical (unpaired) electrons. The van der Waals surface area contributed by atoms with Crippen LogP contribution in [0, 0.1) is 0 Å². The highest BCUT2D eigenvalue weighted by molar-refractivity contribution is 7.14. The Morgan fingerprint density at radius 3 is 3.09 bits per heavy atom. The van der Waals surface area contributed by atoms with Crippen molar-refractivity contribution < 1.29 is 19.4 Å². The summed E-state index contributed by atoms with van der Waals surface area (Å²) < 4.78 is 5.23. The molecule has 1 aromatic carbocycles. The molecular weight excluding hydrogens is 456 g/mol. The number of amides is 2. The van der Waals surface area contributed by atoms with Crippen LogP contribution in [-0.4, -0.2) is 66.3 Å². The fourth-order valence-corrected chi connectivity index (χ4v) is 4.97. The van der Waals surface area contributed by atoms with E-state index in [1.165, 1.54) is 11.3 Å². The lowest BCUT2D eigenvalue weighted by atomic mass is 10.1. The molecule has 2 aliphatic heterocycles. The largest absolute Gasteiger partial charge is 0.497 e. The van der Waals surface area contributed by atoms with Gasteiger partial charge in [-0.15, -0.1) is 11.3 Å². The summed E-state index contributed by atoms with van der Waals surface area (Å²) in [7, 11) is 1.56. The highest BCUT2D eigenvalue weighted by atomic mass is 32.1. The number of piperazine rings is 1. The SMILES string of the molecule is COc1ccc2c(c1)C(=O)N(c1nc(C(=O)Nc3cnccc3N3CCN[C@H](CO)C3)cs1)C2. The van der Waals surface area contributed by atoms with Gasteiger partial charge in [-0.3, -0.25) is 19.5 Å². The van der Waals surface area contributed by atoms with E-state index in [0.717, 1.165) is 24.3 Å². The third-order valence-electron chi connectivity index (χ3n) is 5.94. The van der Waals surface area contributed by atoms with Crippen molar-refractivity contribution in [3.05, 3.63) is 58.9 Å². The summed E-state index contributed by atoms with van der Waals surface area (Å²) in [5.74, 6) is 0.0774. The molecule has 2 aromatic heterocycles. The Bertz CT molecular complexity index is 1230. The average Bonchev–Trinajstić information content (AvgIpc) is 3.49. The first kappa shape index (κ1) is 22.3. The number of fused-ring (bicyclic) bond motifs is 1. The lowest BCUT2D eigenvalue weighted by Gasteiger charge is -2.35. The molecule has 34 heavy (non-hydrogen) atoms. The van der Waals surface area contributed by atoms with E-state index >= 15 is 0 Å². The zero-order chi connectivity index (χ0) is 23.7. The van der Waals surface area contributed by atoms with Gasteiger partial charge in [0.25, 0.3) is 11.8 Å². The number of methoxy groups -OCH3 is 1. The highest BCUT2D eigenvalue weighted by Gasteiger charge is 2.31. The first-order valence-electron chi connectivity index (χ1n) is 10.9. The lowest BCUT2D eigenvalue weighted by Crippen LogP contribution is -2.52. The van der Waals surface area contributed by atoms with Crippen LogP contribution in [0.25, 0.3) is 0 Å². The van der Waals surface area contributed by atoms with Gasteiger partial charge >= 0.3 is 0 Å². The number of anilines is 3. The summed E-state index contributed by atoms with van der Waals surface area (Å²) in [6, 6.07) is 7.22. The van der Waals surface area contributed by atoms with Crippen LogP contribution in [0.4, 0.5) is 16.5 Å². The molecule has 0 bridgehead atoms. The Balaban J connectivity index is 1.32. The van der Waals surface area contributed by atoms with Crippen molar-refractivity contribution in [2.75, 3.05) is 48.5 Å². The maximum atomic E-state index is 13.0. The van der Waals surface area contributed by atoms with E-state index in [1.807, 2.05) is 18.2 Å². The van der Waals surface area contributed by atoms with Gasteiger partial charge in [-0.05, 0) is 23.8 Å². The molecule has 1 saturated heterocycles. The predicted molar refractivity (Wildman–Crippen MR) is 129 cm³/mol. The predicted octanol–water partition coefficient (Wildman–Crippen LogP) is 1.73. The van der Waals surface area contributed by atoms with Gasteiger partial charge < -0.3 is 25.4 Å². The average molecular weight is 481 g/mol. The molecule has 5 rings (SSSR count). The molecule has 1 fully saturated rings. The molecule has 11 heteroatoms. The number of carbonyl (C=O) groups is 2. The molecule has 4 heterocycles. The maximum absolute atomic E-state index is 13.0. The summed E-state index contributed by atoms with van der Waals surface area (Å²) in [5, 5.41) is 17.8.